The standard InChI is InChI=1S/C13H17F2NO3S/c1-3-4-7-20(18,19)16-9-13(2,17)11-6-5-10(14)8-12(11)15/h3,5-6,8,16-17H,1,4,7,9H2,2H3/t13-/m1/s1. The Hall–Kier alpha value is -1.31. The molecule has 0 aliphatic heterocycles. The van der Waals surface area contributed by atoms with Crippen LogP contribution in [0, 0.1) is 11.6 Å². The van der Waals surface area contributed by atoms with E-state index < -0.39 is 33.8 Å². The first kappa shape index (κ1) is 16.7. The van der Waals surface area contributed by atoms with Gasteiger partial charge in [-0.15, -0.1) is 6.58 Å². The smallest absolute Gasteiger partial charge is 0.212 e. The lowest BCUT2D eigenvalue weighted by molar-refractivity contribution is 0.0588. The highest BCUT2D eigenvalue weighted by Crippen LogP contribution is 2.23. The number of rotatable bonds is 7. The van der Waals surface area contributed by atoms with Crippen molar-refractivity contribution in [1.29, 1.82) is 0 Å². The molecule has 1 atom stereocenters. The molecule has 0 aliphatic rings. The molecule has 0 aliphatic carbocycles. The van der Waals surface area contributed by atoms with E-state index in [1.807, 2.05) is 0 Å². The Kier molecular flexibility index (Phi) is 5.38. The largest absolute Gasteiger partial charge is 0.384 e. The van der Waals surface area contributed by atoms with Crippen LogP contribution in [-0.4, -0.2) is 25.8 Å². The average molecular weight is 305 g/mol. The van der Waals surface area contributed by atoms with E-state index in [0.29, 0.717) is 6.07 Å². The topological polar surface area (TPSA) is 66.4 Å². The Balaban J connectivity index is 2.82. The first-order valence-electron chi connectivity index (χ1n) is 5.94. The van der Waals surface area contributed by atoms with Crippen molar-refractivity contribution in [3.8, 4) is 0 Å². The van der Waals surface area contributed by atoms with E-state index in [1.165, 1.54) is 13.0 Å². The minimum Gasteiger partial charge on any atom is -0.384 e. The van der Waals surface area contributed by atoms with Crippen molar-refractivity contribution in [2.75, 3.05) is 12.3 Å². The van der Waals surface area contributed by atoms with Gasteiger partial charge in [-0.3, -0.25) is 0 Å². The zero-order valence-corrected chi connectivity index (χ0v) is 11.9. The molecule has 112 valence electrons. The predicted molar refractivity (Wildman–Crippen MR) is 72.5 cm³/mol. The summed E-state index contributed by atoms with van der Waals surface area (Å²) in [4.78, 5) is 0. The van der Waals surface area contributed by atoms with Crippen LogP contribution in [0.5, 0.6) is 0 Å². The van der Waals surface area contributed by atoms with Crippen LogP contribution in [0.2, 0.25) is 0 Å². The summed E-state index contributed by atoms with van der Waals surface area (Å²) >= 11 is 0. The molecule has 1 rings (SSSR count). The number of hydrogen-bond donors (Lipinski definition) is 2. The van der Waals surface area contributed by atoms with E-state index in [4.69, 9.17) is 0 Å². The van der Waals surface area contributed by atoms with Crippen molar-refractivity contribution >= 4 is 10.0 Å². The number of sulfonamides is 1. The van der Waals surface area contributed by atoms with Crippen molar-refractivity contribution in [1.82, 2.24) is 4.72 Å². The molecule has 0 spiro atoms. The molecule has 1 aromatic carbocycles. The predicted octanol–water partition coefficient (Wildman–Crippen LogP) is 1.67. The van der Waals surface area contributed by atoms with Crippen LogP contribution in [0.1, 0.15) is 18.9 Å². The average Bonchev–Trinajstić information content (AvgIpc) is 2.34. The molecule has 7 heteroatoms. The van der Waals surface area contributed by atoms with Crippen LogP contribution in [0.3, 0.4) is 0 Å². The van der Waals surface area contributed by atoms with Gasteiger partial charge in [-0.1, -0.05) is 12.1 Å². The quantitative estimate of drug-likeness (QED) is 0.753. The van der Waals surface area contributed by atoms with Gasteiger partial charge in [0, 0.05) is 18.2 Å². The second-order valence-corrected chi connectivity index (χ2v) is 6.54. The van der Waals surface area contributed by atoms with E-state index in [0.717, 1.165) is 12.1 Å². The zero-order valence-electron chi connectivity index (χ0n) is 11.1. The van der Waals surface area contributed by atoms with Gasteiger partial charge in [-0.25, -0.2) is 21.9 Å². The fourth-order valence-electron chi connectivity index (χ4n) is 1.58. The monoisotopic (exact) mass is 305 g/mol. The van der Waals surface area contributed by atoms with E-state index in [2.05, 4.69) is 11.3 Å². The molecule has 4 nitrogen and oxygen atoms in total. The van der Waals surface area contributed by atoms with Crippen molar-refractivity contribution < 1.29 is 22.3 Å². The maximum atomic E-state index is 13.6. The molecule has 0 saturated heterocycles. The molecule has 0 radical (unpaired) electrons. The van der Waals surface area contributed by atoms with Gasteiger partial charge in [-0.2, -0.15) is 0 Å². The molecular formula is C13H17F2NO3S. The summed E-state index contributed by atoms with van der Waals surface area (Å²) in [5, 5.41) is 10.1. The van der Waals surface area contributed by atoms with Crippen LogP contribution < -0.4 is 4.72 Å². The van der Waals surface area contributed by atoms with E-state index in [1.54, 1.807) is 0 Å². The Morgan fingerprint density at radius 2 is 2.10 bits per heavy atom. The molecular weight excluding hydrogens is 288 g/mol. The van der Waals surface area contributed by atoms with E-state index >= 15 is 0 Å². The highest BCUT2D eigenvalue weighted by atomic mass is 32.2. The van der Waals surface area contributed by atoms with Gasteiger partial charge in [0.15, 0.2) is 0 Å². The molecule has 1 aromatic rings. The number of benzene rings is 1. The molecule has 20 heavy (non-hydrogen) atoms. The minimum absolute atomic E-state index is 0.168. The van der Waals surface area contributed by atoms with Gasteiger partial charge < -0.3 is 5.11 Å². The van der Waals surface area contributed by atoms with Gasteiger partial charge in [0.05, 0.1) is 5.75 Å². The van der Waals surface area contributed by atoms with Crippen molar-refractivity contribution in [3.05, 3.63) is 48.1 Å². The number of hydrogen-bond acceptors (Lipinski definition) is 3. The summed E-state index contributed by atoms with van der Waals surface area (Å²) in [5.41, 5.74) is -1.95. The van der Waals surface area contributed by atoms with Crippen molar-refractivity contribution in [3.63, 3.8) is 0 Å². The van der Waals surface area contributed by atoms with Gasteiger partial charge in [-0.05, 0) is 19.4 Å². The summed E-state index contributed by atoms with van der Waals surface area (Å²) in [5.74, 6) is -1.87. The van der Waals surface area contributed by atoms with Gasteiger partial charge >= 0.3 is 0 Å². The van der Waals surface area contributed by atoms with Crippen LogP contribution in [-0.2, 0) is 15.6 Å². The lowest BCUT2D eigenvalue weighted by Gasteiger charge is -2.24. The van der Waals surface area contributed by atoms with Crippen molar-refractivity contribution in [2.24, 2.45) is 0 Å². The third kappa shape index (κ3) is 4.66. The summed E-state index contributed by atoms with van der Waals surface area (Å²) in [6, 6.07) is 2.72. The maximum Gasteiger partial charge on any atom is 0.212 e. The third-order valence-electron chi connectivity index (χ3n) is 2.74. The lowest BCUT2D eigenvalue weighted by atomic mass is 9.96. The normalized spacial score (nSPS) is 14.8. The highest BCUT2D eigenvalue weighted by Gasteiger charge is 2.28. The number of allylic oxidation sites excluding steroid dienone is 1. The number of halogens is 2. The maximum absolute atomic E-state index is 13.6. The molecule has 0 bridgehead atoms. The Morgan fingerprint density at radius 3 is 2.65 bits per heavy atom. The molecule has 0 fully saturated rings. The lowest BCUT2D eigenvalue weighted by Crippen LogP contribution is -2.40. The summed E-state index contributed by atoms with van der Waals surface area (Å²) in [6.45, 7) is 4.25. The summed E-state index contributed by atoms with van der Waals surface area (Å²) < 4.78 is 51.7. The number of nitrogens with one attached hydrogen (secondary N) is 1. The van der Waals surface area contributed by atoms with Gasteiger partial charge in [0.25, 0.3) is 0 Å². The highest BCUT2D eigenvalue weighted by molar-refractivity contribution is 7.89. The fourth-order valence-corrected chi connectivity index (χ4v) is 2.70. The molecule has 0 aromatic heterocycles. The van der Waals surface area contributed by atoms with E-state index in [9.17, 15) is 22.3 Å². The number of aliphatic hydroxyl groups is 1. The van der Waals surface area contributed by atoms with Gasteiger partial charge in [0.1, 0.15) is 17.2 Å². The molecule has 0 unspecified atom stereocenters. The molecule has 0 heterocycles. The van der Waals surface area contributed by atoms with E-state index in [-0.39, 0.29) is 17.7 Å². The van der Waals surface area contributed by atoms with Crippen LogP contribution >= 0.6 is 0 Å². The first-order chi connectivity index (χ1) is 9.18. The second kappa shape index (κ2) is 6.43. The summed E-state index contributed by atoms with van der Waals surface area (Å²) in [7, 11) is -3.58. The summed E-state index contributed by atoms with van der Waals surface area (Å²) in [6.07, 6.45) is 1.72. The fraction of sp³-hybridized carbons (Fsp3) is 0.385. The zero-order chi connectivity index (χ0) is 15.4. The van der Waals surface area contributed by atoms with Crippen LogP contribution in [0.4, 0.5) is 8.78 Å². The van der Waals surface area contributed by atoms with Crippen LogP contribution in [0.15, 0.2) is 30.9 Å². The molecule has 0 amide bonds. The van der Waals surface area contributed by atoms with Crippen molar-refractivity contribution in [2.45, 2.75) is 18.9 Å². The second-order valence-electron chi connectivity index (χ2n) is 4.62. The minimum atomic E-state index is -3.58. The Labute approximate surface area is 117 Å². The van der Waals surface area contributed by atoms with Crippen LogP contribution in [0.25, 0.3) is 0 Å². The molecule has 2 N–H and O–H groups in total. The molecule has 0 saturated carbocycles. The Bertz CT molecular complexity index is 585. The SMILES string of the molecule is C=CCCS(=O)(=O)NC[C@@](C)(O)c1ccc(F)cc1F. The third-order valence-corrected chi connectivity index (χ3v) is 4.10. The first-order valence-corrected chi connectivity index (χ1v) is 7.59. The van der Waals surface area contributed by atoms with Gasteiger partial charge in [0.2, 0.25) is 10.0 Å². The Morgan fingerprint density at radius 1 is 1.45 bits per heavy atom.